The van der Waals surface area contributed by atoms with Crippen LogP contribution in [0.25, 0.3) is 0 Å². The Morgan fingerprint density at radius 2 is 1.90 bits per heavy atom. The maximum atomic E-state index is 6.01. The lowest BCUT2D eigenvalue weighted by atomic mass is 10.2. The highest BCUT2D eigenvalue weighted by molar-refractivity contribution is 7.98. The van der Waals surface area contributed by atoms with E-state index in [0.717, 1.165) is 27.6 Å². The molecule has 0 unspecified atom stereocenters. The second-order valence-electron chi connectivity index (χ2n) is 4.16. The molecular formula is C15H15Cl2NOS. The molecule has 106 valence electrons. The molecule has 20 heavy (non-hydrogen) atoms. The normalized spacial score (nSPS) is 10.6. The van der Waals surface area contributed by atoms with Gasteiger partial charge in [0.15, 0.2) is 0 Å². The summed E-state index contributed by atoms with van der Waals surface area (Å²) in [6.07, 6.45) is 0. The number of benzene rings is 2. The van der Waals surface area contributed by atoms with Crippen molar-refractivity contribution in [1.82, 2.24) is 0 Å². The van der Waals surface area contributed by atoms with Gasteiger partial charge in [0.25, 0.3) is 0 Å². The van der Waals surface area contributed by atoms with E-state index in [4.69, 9.17) is 33.7 Å². The van der Waals surface area contributed by atoms with Crippen molar-refractivity contribution < 1.29 is 4.74 Å². The van der Waals surface area contributed by atoms with E-state index in [1.165, 1.54) is 0 Å². The molecule has 0 atom stereocenters. The topological polar surface area (TPSA) is 35.2 Å². The van der Waals surface area contributed by atoms with Gasteiger partial charge in [0, 0.05) is 21.9 Å². The highest BCUT2D eigenvalue weighted by Crippen LogP contribution is 2.32. The minimum absolute atomic E-state index is 0.564. The van der Waals surface area contributed by atoms with Crippen molar-refractivity contribution in [2.75, 3.05) is 12.3 Å². The third-order valence-electron chi connectivity index (χ3n) is 2.67. The van der Waals surface area contributed by atoms with Gasteiger partial charge < -0.3 is 10.5 Å². The average molecular weight is 328 g/mol. The van der Waals surface area contributed by atoms with E-state index in [9.17, 15) is 0 Å². The Morgan fingerprint density at radius 1 is 1.10 bits per heavy atom. The molecule has 2 rings (SSSR count). The quantitative estimate of drug-likeness (QED) is 0.600. The minimum Gasteiger partial charge on any atom is -0.494 e. The molecule has 0 aromatic heterocycles. The molecule has 0 spiro atoms. The van der Waals surface area contributed by atoms with E-state index in [1.807, 2.05) is 37.3 Å². The van der Waals surface area contributed by atoms with Gasteiger partial charge in [-0.25, -0.2) is 0 Å². The summed E-state index contributed by atoms with van der Waals surface area (Å²) in [5, 5.41) is 1.13. The van der Waals surface area contributed by atoms with Crippen LogP contribution in [-0.2, 0) is 5.75 Å². The highest BCUT2D eigenvalue weighted by atomic mass is 35.5. The lowest BCUT2D eigenvalue weighted by molar-refractivity contribution is 0.337. The zero-order chi connectivity index (χ0) is 14.5. The Labute approximate surface area is 133 Å². The second kappa shape index (κ2) is 7.11. The smallest absolute Gasteiger partial charge is 0.123 e. The van der Waals surface area contributed by atoms with Crippen molar-refractivity contribution in [1.29, 1.82) is 0 Å². The van der Waals surface area contributed by atoms with Gasteiger partial charge in [-0.05, 0) is 43.3 Å². The SMILES string of the molecule is CCOc1ccc(N)cc1CSc1ccc(Cl)c(Cl)c1. The van der Waals surface area contributed by atoms with Gasteiger partial charge in [-0.2, -0.15) is 0 Å². The number of thioether (sulfide) groups is 1. The summed E-state index contributed by atoms with van der Waals surface area (Å²) < 4.78 is 5.61. The second-order valence-corrected chi connectivity index (χ2v) is 6.03. The highest BCUT2D eigenvalue weighted by Gasteiger charge is 2.06. The van der Waals surface area contributed by atoms with Crippen molar-refractivity contribution in [3.05, 3.63) is 52.0 Å². The summed E-state index contributed by atoms with van der Waals surface area (Å²) in [5.41, 5.74) is 7.64. The molecule has 0 heterocycles. The van der Waals surface area contributed by atoms with Crippen LogP contribution < -0.4 is 10.5 Å². The third-order valence-corrected chi connectivity index (χ3v) is 4.45. The van der Waals surface area contributed by atoms with E-state index < -0.39 is 0 Å². The van der Waals surface area contributed by atoms with E-state index >= 15 is 0 Å². The van der Waals surface area contributed by atoms with Crippen molar-refractivity contribution in [3.63, 3.8) is 0 Å². The van der Waals surface area contributed by atoms with Gasteiger partial charge in [-0.1, -0.05) is 23.2 Å². The first kappa shape index (κ1) is 15.4. The zero-order valence-corrected chi connectivity index (χ0v) is 13.4. The molecule has 0 saturated carbocycles. The molecule has 0 radical (unpaired) electrons. The summed E-state index contributed by atoms with van der Waals surface area (Å²) in [4.78, 5) is 1.06. The molecule has 0 aliphatic carbocycles. The fourth-order valence-corrected chi connectivity index (χ4v) is 3.01. The van der Waals surface area contributed by atoms with Crippen LogP contribution >= 0.6 is 35.0 Å². The summed E-state index contributed by atoms with van der Waals surface area (Å²) in [6.45, 7) is 2.60. The number of rotatable bonds is 5. The van der Waals surface area contributed by atoms with Crippen LogP contribution in [0.3, 0.4) is 0 Å². The molecule has 0 saturated heterocycles. The number of hydrogen-bond donors (Lipinski definition) is 1. The number of ether oxygens (including phenoxy) is 1. The molecule has 0 bridgehead atoms. The van der Waals surface area contributed by atoms with E-state index in [2.05, 4.69) is 0 Å². The molecule has 2 aromatic carbocycles. The van der Waals surface area contributed by atoms with Crippen LogP contribution in [0.4, 0.5) is 5.69 Å². The maximum Gasteiger partial charge on any atom is 0.123 e. The fraction of sp³-hybridized carbons (Fsp3) is 0.200. The number of nitrogens with two attached hydrogens (primary N) is 1. The van der Waals surface area contributed by atoms with Gasteiger partial charge in [0.1, 0.15) is 5.75 Å². The third kappa shape index (κ3) is 3.98. The summed E-state index contributed by atoms with van der Waals surface area (Å²) in [5.74, 6) is 1.63. The molecule has 2 N–H and O–H groups in total. The van der Waals surface area contributed by atoms with E-state index in [0.29, 0.717) is 16.7 Å². The van der Waals surface area contributed by atoms with Gasteiger partial charge in [0.2, 0.25) is 0 Å². The largest absolute Gasteiger partial charge is 0.494 e. The molecule has 0 aliphatic heterocycles. The molecule has 0 fully saturated rings. The number of halogens is 2. The summed E-state index contributed by atoms with van der Waals surface area (Å²) >= 11 is 13.6. The van der Waals surface area contributed by atoms with Crippen LogP contribution in [0, 0.1) is 0 Å². The van der Waals surface area contributed by atoms with Gasteiger partial charge in [-0.3, -0.25) is 0 Å². The Hall–Kier alpha value is -1.03. The van der Waals surface area contributed by atoms with Gasteiger partial charge >= 0.3 is 0 Å². The van der Waals surface area contributed by atoms with Gasteiger partial charge in [0.05, 0.1) is 16.7 Å². The summed E-state index contributed by atoms with van der Waals surface area (Å²) in [6, 6.07) is 11.3. The minimum atomic E-state index is 0.564. The van der Waals surface area contributed by atoms with Crippen molar-refractivity contribution in [3.8, 4) is 5.75 Å². The molecule has 0 aliphatic rings. The van der Waals surface area contributed by atoms with Crippen LogP contribution in [0.2, 0.25) is 10.0 Å². The predicted molar refractivity (Wildman–Crippen MR) is 88.0 cm³/mol. The van der Waals surface area contributed by atoms with E-state index in [1.54, 1.807) is 17.8 Å². The molecular weight excluding hydrogens is 313 g/mol. The van der Waals surface area contributed by atoms with Crippen molar-refractivity contribution >= 4 is 40.7 Å². The van der Waals surface area contributed by atoms with Crippen molar-refractivity contribution in [2.45, 2.75) is 17.6 Å². The molecule has 0 amide bonds. The fourth-order valence-electron chi connectivity index (χ4n) is 1.74. The van der Waals surface area contributed by atoms with Crippen LogP contribution in [0.5, 0.6) is 5.75 Å². The predicted octanol–water partition coefficient (Wildman–Crippen LogP) is 5.27. The Morgan fingerprint density at radius 3 is 2.60 bits per heavy atom. The van der Waals surface area contributed by atoms with Crippen molar-refractivity contribution in [2.24, 2.45) is 0 Å². The summed E-state index contributed by atoms with van der Waals surface area (Å²) in [7, 11) is 0. The van der Waals surface area contributed by atoms with Crippen LogP contribution in [0.15, 0.2) is 41.3 Å². The Kier molecular flexibility index (Phi) is 5.46. The monoisotopic (exact) mass is 327 g/mol. The number of hydrogen-bond acceptors (Lipinski definition) is 3. The molecule has 2 nitrogen and oxygen atoms in total. The number of nitrogen functional groups attached to an aromatic ring is 1. The number of anilines is 1. The first-order valence-electron chi connectivity index (χ1n) is 6.19. The first-order valence-corrected chi connectivity index (χ1v) is 7.93. The lowest BCUT2D eigenvalue weighted by Crippen LogP contribution is -1.97. The first-order chi connectivity index (χ1) is 9.60. The van der Waals surface area contributed by atoms with E-state index in [-0.39, 0.29) is 0 Å². The molecule has 2 aromatic rings. The van der Waals surface area contributed by atoms with Crippen LogP contribution in [0.1, 0.15) is 12.5 Å². The van der Waals surface area contributed by atoms with Crippen LogP contribution in [-0.4, -0.2) is 6.61 Å². The lowest BCUT2D eigenvalue weighted by Gasteiger charge is -2.11. The standard InChI is InChI=1S/C15H15Cl2NOS/c1-2-19-15-6-3-11(18)7-10(15)9-20-12-4-5-13(16)14(17)8-12/h3-8H,2,9,18H2,1H3. The van der Waals surface area contributed by atoms with Gasteiger partial charge in [-0.15, -0.1) is 11.8 Å². The maximum absolute atomic E-state index is 6.01. The average Bonchev–Trinajstić information content (AvgIpc) is 2.43. The Balaban J connectivity index is 2.13. The Bertz CT molecular complexity index is 604. The molecule has 5 heteroatoms. The zero-order valence-electron chi connectivity index (χ0n) is 11.0.